The van der Waals surface area contributed by atoms with Crippen molar-refractivity contribution in [3.05, 3.63) is 24.2 Å². The van der Waals surface area contributed by atoms with Gasteiger partial charge in [-0.05, 0) is 19.1 Å². The number of carboxylic acids is 1. The number of pyridine rings is 1. The van der Waals surface area contributed by atoms with E-state index in [2.05, 4.69) is 9.97 Å². The summed E-state index contributed by atoms with van der Waals surface area (Å²) in [5.74, 6) is -0.223. The third-order valence-corrected chi connectivity index (χ3v) is 1.99. The highest BCUT2D eigenvalue weighted by molar-refractivity contribution is 5.74. The predicted molar refractivity (Wildman–Crippen MR) is 49.9 cm³/mol. The number of fused-ring (bicyclic) bond motifs is 1. The van der Waals surface area contributed by atoms with Crippen LogP contribution in [0.15, 0.2) is 18.3 Å². The highest BCUT2D eigenvalue weighted by atomic mass is 16.4. The zero-order chi connectivity index (χ0) is 10.1. The minimum Gasteiger partial charge on any atom is -0.480 e. The Labute approximate surface area is 80.0 Å². The average molecular weight is 191 g/mol. The Kier molecular flexibility index (Phi) is 1.92. The fourth-order valence-electron chi connectivity index (χ4n) is 1.40. The van der Waals surface area contributed by atoms with Crippen LogP contribution in [0.4, 0.5) is 0 Å². The van der Waals surface area contributed by atoms with E-state index < -0.39 is 5.97 Å². The lowest BCUT2D eigenvalue weighted by Crippen LogP contribution is -2.10. The Balaban J connectivity index is 2.62. The first kappa shape index (κ1) is 8.68. The molecule has 2 rings (SSSR count). The number of hydrogen-bond acceptors (Lipinski definition) is 3. The van der Waals surface area contributed by atoms with E-state index in [0.717, 1.165) is 5.52 Å². The quantitative estimate of drug-likeness (QED) is 0.763. The van der Waals surface area contributed by atoms with E-state index in [4.69, 9.17) is 5.11 Å². The van der Waals surface area contributed by atoms with Gasteiger partial charge in [0.05, 0.1) is 0 Å². The molecule has 72 valence electrons. The van der Waals surface area contributed by atoms with Crippen molar-refractivity contribution in [3.8, 4) is 0 Å². The van der Waals surface area contributed by atoms with Gasteiger partial charge in [0.2, 0.25) is 0 Å². The van der Waals surface area contributed by atoms with Crippen LogP contribution in [0.1, 0.15) is 5.82 Å². The van der Waals surface area contributed by atoms with Crippen molar-refractivity contribution >= 4 is 17.1 Å². The monoisotopic (exact) mass is 191 g/mol. The minimum absolute atomic E-state index is 0.0979. The summed E-state index contributed by atoms with van der Waals surface area (Å²) in [6.45, 7) is 1.67. The van der Waals surface area contributed by atoms with Gasteiger partial charge >= 0.3 is 5.97 Å². The summed E-state index contributed by atoms with van der Waals surface area (Å²) in [5.41, 5.74) is 1.35. The molecule has 0 aliphatic heterocycles. The normalized spacial score (nSPS) is 10.6. The standard InChI is InChI=1S/C9H9N3O2/c1-6-11-7-3-2-4-10-9(7)12(6)5-8(13)14/h2-4H,5H2,1H3,(H,13,14). The van der Waals surface area contributed by atoms with Crippen LogP contribution in [0.5, 0.6) is 0 Å². The highest BCUT2D eigenvalue weighted by Crippen LogP contribution is 2.12. The first-order chi connectivity index (χ1) is 6.68. The third-order valence-electron chi connectivity index (χ3n) is 1.99. The van der Waals surface area contributed by atoms with Crippen LogP contribution in [0, 0.1) is 6.92 Å². The molecule has 0 fully saturated rings. The van der Waals surface area contributed by atoms with Crippen LogP contribution in [-0.4, -0.2) is 25.6 Å². The lowest BCUT2D eigenvalue weighted by Gasteiger charge is -2.00. The summed E-state index contributed by atoms with van der Waals surface area (Å²) in [4.78, 5) is 18.9. The van der Waals surface area contributed by atoms with Crippen molar-refractivity contribution in [2.45, 2.75) is 13.5 Å². The van der Waals surface area contributed by atoms with E-state index in [9.17, 15) is 4.79 Å². The smallest absolute Gasteiger partial charge is 0.323 e. The molecule has 0 aromatic carbocycles. The molecule has 0 radical (unpaired) electrons. The molecule has 0 unspecified atom stereocenters. The molecule has 5 heteroatoms. The number of aromatic nitrogens is 3. The summed E-state index contributed by atoms with van der Waals surface area (Å²) >= 11 is 0. The minimum atomic E-state index is -0.891. The summed E-state index contributed by atoms with van der Waals surface area (Å²) in [6, 6.07) is 3.59. The molecule has 1 N–H and O–H groups in total. The molecule has 0 saturated carbocycles. The van der Waals surface area contributed by atoms with E-state index in [1.807, 2.05) is 6.07 Å². The zero-order valence-corrected chi connectivity index (χ0v) is 7.64. The number of aryl methyl sites for hydroxylation is 1. The summed E-state index contributed by atoms with van der Waals surface area (Å²) < 4.78 is 1.58. The van der Waals surface area contributed by atoms with Crippen molar-refractivity contribution in [1.29, 1.82) is 0 Å². The van der Waals surface area contributed by atoms with Crippen molar-refractivity contribution in [3.63, 3.8) is 0 Å². The number of rotatable bonds is 2. The summed E-state index contributed by atoms with van der Waals surface area (Å²) in [5, 5.41) is 8.69. The number of imidazole rings is 1. The molecule has 0 bridgehead atoms. The molecule has 2 aromatic heterocycles. The lowest BCUT2D eigenvalue weighted by molar-refractivity contribution is -0.137. The lowest BCUT2D eigenvalue weighted by atomic mass is 10.4. The van der Waals surface area contributed by atoms with Gasteiger partial charge in [-0.25, -0.2) is 9.97 Å². The van der Waals surface area contributed by atoms with Crippen molar-refractivity contribution < 1.29 is 9.90 Å². The maximum absolute atomic E-state index is 10.6. The van der Waals surface area contributed by atoms with Crippen LogP contribution in [0.3, 0.4) is 0 Å². The van der Waals surface area contributed by atoms with Crippen LogP contribution >= 0.6 is 0 Å². The molecular weight excluding hydrogens is 182 g/mol. The SMILES string of the molecule is Cc1nc2cccnc2n1CC(=O)O. The third kappa shape index (κ3) is 1.32. The molecule has 0 saturated heterocycles. The largest absolute Gasteiger partial charge is 0.480 e. The molecule has 0 atom stereocenters. The Hall–Kier alpha value is -1.91. The predicted octanol–water partition coefficient (Wildman–Crippen LogP) is 0.824. The van der Waals surface area contributed by atoms with Gasteiger partial charge in [0.25, 0.3) is 0 Å². The van der Waals surface area contributed by atoms with Crippen molar-refractivity contribution in [2.75, 3.05) is 0 Å². The van der Waals surface area contributed by atoms with Gasteiger partial charge in [-0.2, -0.15) is 0 Å². The Morgan fingerprint density at radius 3 is 3.14 bits per heavy atom. The second-order valence-corrected chi connectivity index (χ2v) is 2.99. The maximum atomic E-state index is 10.6. The van der Waals surface area contributed by atoms with Gasteiger partial charge in [0, 0.05) is 6.20 Å². The molecule has 0 spiro atoms. The van der Waals surface area contributed by atoms with Crippen molar-refractivity contribution in [1.82, 2.24) is 14.5 Å². The molecule has 0 aliphatic carbocycles. The molecule has 0 aliphatic rings. The first-order valence-electron chi connectivity index (χ1n) is 4.18. The zero-order valence-electron chi connectivity index (χ0n) is 7.64. The number of nitrogens with zero attached hydrogens (tertiary/aromatic N) is 3. The topological polar surface area (TPSA) is 68.0 Å². The fraction of sp³-hybridized carbons (Fsp3) is 0.222. The number of carbonyl (C=O) groups is 1. The van der Waals surface area contributed by atoms with Gasteiger partial charge in [-0.15, -0.1) is 0 Å². The van der Waals surface area contributed by atoms with Crippen LogP contribution < -0.4 is 0 Å². The Morgan fingerprint density at radius 1 is 1.64 bits per heavy atom. The van der Waals surface area contributed by atoms with E-state index in [0.29, 0.717) is 11.5 Å². The van der Waals surface area contributed by atoms with Gasteiger partial charge in [0.1, 0.15) is 17.9 Å². The second kappa shape index (κ2) is 3.10. The molecule has 2 heterocycles. The van der Waals surface area contributed by atoms with E-state index in [1.165, 1.54) is 0 Å². The van der Waals surface area contributed by atoms with Crippen LogP contribution in [0.25, 0.3) is 11.2 Å². The molecule has 2 aromatic rings. The Morgan fingerprint density at radius 2 is 2.43 bits per heavy atom. The molecule has 0 amide bonds. The molecule has 14 heavy (non-hydrogen) atoms. The summed E-state index contributed by atoms with van der Waals surface area (Å²) in [7, 11) is 0. The number of carboxylic acid groups (broad SMARTS) is 1. The second-order valence-electron chi connectivity index (χ2n) is 2.99. The first-order valence-corrected chi connectivity index (χ1v) is 4.18. The molecular formula is C9H9N3O2. The van der Waals surface area contributed by atoms with Crippen molar-refractivity contribution in [2.24, 2.45) is 0 Å². The van der Waals surface area contributed by atoms with Crippen LogP contribution in [0.2, 0.25) is 0 Å². The van der Waals surface area contributed by atoms with Gasteiger partial charge in [0.15, 0.2) is 5.65 Å². The van der Waals surface area contributed by atoms with Gasteiger partial charge in [-0.1, -0.05) is 0 Å². The number of hydrogen-bond donors (Lipinski definition) is 1. The van der Waals surface area contributed by atoms with E-state index in [-0.39, 0.29) is 6.54 Å². The maximum Gasteiger partial charge on any atom is 0.323 e. The highest BCUT2D eigenvalue weighted by Gasteiger charge is 2.09. The number of aliphatic carboxylic acids is 1. The van der Waals surface area contributed by atoms with E-state index >= 15 is 0 Å². The Bertz CT molecular complexity index is 490. The molecule has 5 nitrogen and oxygen atoms in total. The van der Waals surface area contributed by atoms with Gasteiger partial charge < -0.3 is 9.67 Å². The fourth-order valence-corrected chi connectivity index (χ4v) is 1.40. The van der Waals surface area contributed by atoms with Gasteiger partial charge in [-0.3, -0.25) is 4.79 Å². The van der Waals surface area contributed by atoms with E-state index in [1.54, 1.807) is 23.8 Å². The van der Waals surface area contributed by atoms with Crippen LogP contribution in [-0.2, 0) is 11.3 Å². The average Bonchev–Trinajstić information content (AvgIpc) is 2.43. The summed E-state index contributed by atoms with van der Waals surface area (Å²) in [6.07, 6.45) is 1.63.